The molecule has 29 heavy (non-hydrogen) atoms. The lowest BCUT2D eigenvalue weighted by Gasteiger charge is -2.30. The fourth-order valence-electron chi connectivity index (χ4n) is 3.99. The SMILES string of the molecule is O=C(CCCNC(=O)c1ccc(F)cc1F)NCC1(c2ccccc2)CCCC1. The highest BCUT2D eigenvalue weighted by molar-refractivity contribution is 5.94. The zero-order chi connectivity index (χ0) is 20.7. The Morgan fingerprint density at radius 3 is 2.38 bits per heavy atom. The summed E-state index contributed by atoms with van der Waals surface area (Å²) in [7, 11) is 0. The molecule has 6 heteroatoms. The first-order chi connectivity index (χ1) is 14.0. The van der Waals surface area contributed by atoms with E-state index in [1.165, 1.54) is 5.56 Å². The third-order valence-corrected chi connectivity index (χ3v) is 5.61. The monoisotopic (exact) mass is 400 g/mol. The molecule has 2 amide bonds. The normalized spacial score (nSPS) is 15.1. The van der Waals surface area contributed by atoms with Crippen LogP contribution in [-0.4, -0.2) is 24.9 Å². The number of carbonyl (C=O) groups excluding carboxylic acids is 2. The Morgan fingerprint density at radius 1 is 0.966 bits per heavy atom. The maximum absolute atomic E-state index is 13.6. The van der Waals surface area contributed by atoms with Gasteiger partial charge in [0, 0.05) is 31.0 Å². The molecule has 1 fully saturated rings. The van der Waals surface area contributed by atoms with E-state index in [4.69, 9.17) is 0 Å². The standard InChI is InChI=1S/C23H26F2N2O2/c24-18-10-11-19(20(25)15-18)22(29)26-14-6-9-21(28)27-16-23(12-4-5-13-23)17-7-2-1-3-8-17/h1-3,7-8,10-11,15H,4-6,9,12-14,16H2,(H,26,29)(H,27,28). The molecule has 1 aliphatic rings. The van der Waals surface area contributed by atoms with E-state index in [9.17, 15) is 18.4 Å². The summed E-state index contributed by atoms with van der Waals surface area (Å²) in [6.07, 6.45) is 5.18. The molecule has 0 spiro atoms. The number of rotatable bonds is 8. The largest absolute Gasteiger partial charge is 0.355 e. The van der Waals surface area contributed by atoms with Crippen molar-refractivity contribution in [3.05, 3.63) is 71.3 Å². The Morgan fingerprint density at radius 2 is 1.69 bits per heavy atom. The van der Waals surface area contributed by atoms with Crippen molar-refractivity contribution in [1.29, 1.82) is 0 Å². The van der Waals surface area contributed by atoms with Gasteiger partial charge in [-0.3, -0.25) is 9.59 Å². The van der Waals surface area contributed by atoms with Crippen LogP contribution in [0, 0.1) is 11.6 Å². The fourth-order valence-corrected chi connectivity index (χ4v) is 3.99. The van der Waals surface area contributed by atoms with E-state index < -0.39 is 17.5 Å². The number of hydrogen-bond donors (Lipinski definition) is 2. The first-order valence-corrected chi connectivity index (χ1v) is 10.1. The number of carbonyl (C=O) groups is 2. The second-order valence-corrected chi connectivity index (χ2v) is 7.61. The van der Waals surface area contributed by atoms with Gasteiger partial charge in [-0.25, -0.2) is 8.78 Å². The fraction of sp³-hybridized carbons (Fsp3) is 0.391. The molecule has 0 radical (unpaired) electrons. The van der Waals surface area contributed by atoms with Crippen LogP contribution in [0.1, 0.15) is 54.4 Å². The molecular formula is C23H26F2N2O2. The third kappa shape index (κ3) is 5.40. The predicted molar refractivity (Wildman–Crippen MR) is 108 cm³/mol. The van der Waals surface area contributed by atoms with Crippen molar-refractivity contribution < 1.29 is 18.4 Å². The highest BCUT2D eigenvalue weighted by atomic mass is 19.1. The van der Waals surface area contributed by atoms with E-state index in [1.807, 2.05) is 18.2 Å². The lowest BCUT2D eigenvalue weighted by Crippen LogP contribution is -2.39. The summed E-state index contributed by atoms with van der Waals surface area (Å²) < 4.78 is 26.5. The third-order valence-electron chi connectivity index (χ3n) is 5.61. The van der Waals surface area contributed by atoms with E-state index >= 15 is 0 Å². The van der Waals surface area contributed by atoms with Crippen LogP contribution < -0.4 is 10.6 Å². The van der Waals surface area contributed by atoms with Crippen LogP contribution in [0.2, 0.25) is 0 Å². The van der Waals surface area contributed by atoms with Crippen LogP contribution in [0.5, 0.6) is 0 Å². The Labute approximate surface area is 169 Å². The van der Waals surface area contributed by atoms with Crippen molar-refractivity contribution in [2.75, 3.05) is 13.1 Å². The molecule has 1 saturated carbocycles. The quantitative estimate of drug-likeness (QED) is 0.656. The molecule has 3 rings (SSSR count). The maximum Gasteiger partial charge on any atom is 0.254 e. The highest BCUT2D eigenvalue weighted by Gasteiger charge is 2.35. The first kappa shape index (κ1) is 21.0. The van der Waals surface area contributed by atoms with Crippen molar-refractivity contribution in [3.8, 4) is 0 Å². The smallest absolute Gasteiger partial charge is 0.254 e. The summed E-state index contributed by atoms with van der Waals surface area (Å²) in [5, 5.41) is 5.61. The number of benzene rings is 2. The molecule has 4 nitrogen and oxygen atoms in total. The van der Waals surface area contributed by atoms with Crippen molar-refractivity contribution in [1.82, 2.24) is 10.6 Å². The van der Waals surface area contributed by atoms with Crippen molar-refractivity contribution in [2.45, 2.75) is 43.9 Å². The van der Waals surface area contributed by atoms with Crippen LogP contribution in [0.15, 0.2) is 48.5 Å². The van der Waals surface area contributed by atoms with E-state index in [0.29, 0.717) is 19.0 Å². The van der Waals surface area contributed by atoms with E-state index in [1.54, 1.807) is 0 Å². The van der Waals surface area contributed by atoms with Gasteiger partial charge >= 0.3 is 0 Å². The van der Waals surface area contributed by atoms with Gasteiger partial charge in [0.2, 0.25) is 5.91 Å². The number of nitrogens with one attached hydrogen (secondary N) is 2. The Hall–Kier alpha value is -2.76. The Balaban J connectivity index is 1.42. The van der Waals surface area contributed by atoms with Gasteiger partial charge in [0.25, 0.3) is 5.91 Å². The van der Waals surface area contributed by atoms with E-state index in [0.717, 1.165) is 37.8 Å². The van der Waals surface area contributed by atoms with Crippen LogP contribution in [0.25, 0.3) is 0 Å². The average Bonchev–Trinajstić information content (AvgIpc) is 3.20. The molecule has 0 atom stereocenters. The minimum absolute atomic E-state index is 0.00520. The predicted octanol–water partition coefficient (Wildman–Crippen LogP) is 4.10. The molecule has 2 N–H and O–H groups in total. The molecule has 2 aromatic carbocycles. The van der Waals surface area contributed by atoms with Crippen LogP contribution in [0.4, 0.5) is 8.78 Å². The molecule has 0 heterocycles. The van der Waals surface area contributed by atoms with Gasteiger partial charge in [0.05, 0.1) is 5.56 Å². The highest BCUT2D eigenvalue weighted by Crippen LogP contribution is 2.40. The van der Waals surface area contributed by atoms with Crippen molar-refractivity contribution in [2.24, 2.45) is 0 Å². The van der Waals surface area contributed by atoms with E-state index in [-0.39, 0.29) is 29.9 Å². The van der Waals surface area contributed by atoms with Gasteiger partial charge in [-0.05, 0) is 37.0 Å². The van der Waals surface area contributed by atoms with Gasteiger partial charge in [0.15, 0.2) is 0 Å². The molecule has 0 unspecified atom stereocenters. The number of hydrogen-bond acceptors (Lipinski definition) is 2. The van der Waals surface area contributed by atoms with Crippen molar-refractivity contribution in [3.63, 3.8) is 0 Å². The molecular weight excluding hydrogens is 374 g/mol. The molecule has 2 aromatic rings. The second kappa shape index (κ2) is 9.63. The first-order valence-electron chi connectivity index (χ1n) is 10.1. The van der Waals surface area contributed by atoms with E-state index in [2.05, 4.69) is 22.8 Å². The summed E-state index contributed by atoms with van der Waals surface area (Å²) in [4.78, 5) is 24.2. The molecule has 0 saturated heterocycles. The molecule has 0 bridgehead atoms. The minimum atomic E-state index is -0.900. The van der Waals surface area contributed by atoms with Crippen LogP contribution in [0.3, 0.4) is 0 Å². The Bertz CT molecular complexity index is 849. The summed E-state index contributed by atoms with van der Waals surface area (Å²) in [5.74, 6) is -2.31. The topological polar surface area (TPSA) is 58.2 Å². The lowest BCUT2D eigenvalue weighted by atomic mass is 9.79. The summed E-state index contributed by atoms with van der Waals surface area (Å²) in [5.41, 5.74) is 1.07. The van der Waals surface area contributed by atoms with Gasteiger partial charge in [-0.1, -0.05) is 43.2 Å². The van der Waals surface area contributed by atoms with Crippen LogP contribution in [-0.2, 0) is 10.2 Å². The zero-order valence-corrected chi connectivity index (χ0v) is 16.3. The van der Waals surface area contributed by atoms with Crippen molar-refractivity contribution >= 4 is 11.8 Å². The summed E-state index contributed by atoms with van der Waals surface area (Å²) >= 11 is 0. The minimum Gasteiger partial charge on any atom is -0.355 e. The number of halogens is 2. The van der Waals surface area contributed by atoms with Gasteiger partial charge in [0.1, 0.15) is 11.6 Å². The summed E-state index contributed by atoms with van der Waals surface area (Å²) in [6.45, 7) is 0.857. The maximum atomic E-state index is 13.6. The average molecular weight is 400 g/mol. The number of amides is 2. The zero-order valence-electron chi connectivity index (χ0n) is 16.3. The van der Waals surface area contributed by atoms with Gasteiger partial charge < -0.3 is 10.6 Å². The van der Waals surface area contributed by atoms with Gasteiger partial charge in [-0.2, -0.15) is 0 Å². The molecule has 0 aromatic heterocycles. The summed E-state index contributed by atoms with van der Waals surface area (Å²) in [6, 6.07) is 13.1. The lowest BCUT2D eigenvalue weighted by molar-refractivity contribution is -0.121. The molecule has 1 aliphatic carbocycles. The second-order valence-electron chi connectivity index (χ2n) is 7.61. The van der Waals surface area contributed by atoms with Gasteiger partial charge in [-0.15, -0.1) is 0 Å². The molecule has 154 valence electrons. The molecule has 0 aliphatic heterocycles. The van der Waals surface area contributed by atoms with Crippen LogP contribution >= 0.6 is 0 Å². The Kier molecular flexibility index (Phi) is 6.96.